The lowest BCUT2D eigenvalue weighted by Crippen LogP contribution is -2.33. The van der Waals surface area contributed by atoms with Crippen LogP contribution in [0.4, 0.5) is 17.1 Å². The smallest absolute Gasteiger partial charge is 0.0754 e. The van der Waals surface area contributed by atoms with E-state index in [1.165, 1.54) is 128 Å². The molecule has 76 heavy (non-hydrogen) atoms. The van der Waals surface area contributed by atoms with E-state index >= 15 is 0 Å². The lowest BCUT2D eigenvalue weighted by molar-refractivity contribution is 0.749. The van der Waals surface area contributed by atoms with Gasteiger partial charge in [-0.25, -0.2) is 0 Å². The molecule has 0 saturated heterocycles. The minimum Gasteiger partial charge on any atom is -0.309 e. The van der Waals surface area contributed by atoms with E-state index in [1.54, 1.807) is 0 Å². The third-order valence-electron chi connectivity index (χ3n) is 17.6. The predicted molar refractivity (Wildman–Crippen MR) is 313 cm³/mol. The Balaban J connectivity index is 0.875. The molecule has 12 aromatic carbocycles. The van der Waals surface area contributed by atoms with Crippen LogP contribution in [0.1, 0.15) is 44.5 Å². The fraction of sp³-hybridized carbons (Fsp3) is 0.0270. The van der Waals surface area contributed by atoms with Gasteiger partial charge in [0, 0.05) is 27.6 Å². The number of rotatable bonds is 5. The quantitative estimate of drug-likeness (QED) is 0.167. The van der Waals surface area contributed by atoms with Crippen molar-refractivity contribution in [2.45, 2.75) is 10.8 Å². The number of hydrogen-bond acceptors (Lipinski definition) is 1. The second-order valence-corrected chi connectivity index (χ2v) is 21.0. The molecule has 13 aromatic rings. The van der Waals surface area contributed by atoms with Gasteiger partial charge in [0.25, 0.3) is 0 Å². The maximum absolute atomic E-state index is 2.53. The van der Waals surface area contributed by atoms with E-state index in [0.717, 1.165) is 17.1 Å². The first kappa shape index (κ1) is 41.7. The van der Waals surface area contributed by atoms with Crippen LogP contribution in [0.15, 0.2) is 279 Å². The topological polar surface area (TPSA) is 8.17 Å². The molecular weight excluding hydrogens is 917 g/mol. The van der Waals surface area contributed by atoms with Crippen LogP contribution in [0, 0.1) is 0 Å². The largest absolute Gasteiger partial charge is 0.309 e. The summed E-state index contributed by atoms with van der Waals surface area (Å²) in [5, 5.41) is 2.57. The van der Waals surface area contributed by atoms with E-state index in [1.807, 2.05) is 0 Å². The molecule has 0 bridgehead atoms. The zero-order chi connectivity index (χ0) is 49.7. The summed E-state index contributed by atoms with van der Waals surface area (Å²) in [6.45, 7) is 0. The summed E-state index contributed by atoms with van der Waals surface area (Å²) < 4.78 is 2.53. The molecule has 0 saturated carbocycles. The maximum atomic E-state index is 2.53. The van der Waals surface area contributed by atoms with Gasteiger partial charge in [0.05, 0.1) is 38.9 Å². The van der Waals surface area contributed by atoms with Gasteiger partial charge >= 0.3 is 0 Å². The molecule has 0 fully saturated rings. The summed E-state index contributed by atoms with van der Waals surface area (Å²) in [6.07, 6.45) is 0. The summed E-state index contributed by atoms with van der Waals surface area (Å²) in [5.74, 6) is 0. The number of anilines is 3. The summed E-state index contributed by atoms with van der Waals surface area (Å²) in [7, 11) is 0. The van der Waals surface area contributed by atoms with Gasteiger partial charge in [0.2, 0.25) is 0 Å². The molecule has 3 aliphatic carbocycles. The number of hydrogen-bond donors (Lipinski definition) is 0. The molecule has 352 valence electrons. The van der Waals surface area contributed by atoms with Crippen LogP contribution in [0.3, 0.4) is 0 Å². The first-order chi connectivity index (χ1) is 37.7. The first-order valence-electron chi connectivity index (χ1n) is 26.6. The number of aromatic nitrogens is 1. The Morgan fingerprint density at radius 2 is 0.763 bits per heavy atom. The van der Waals surface area contributed by atoms with Crippen molar-refractivity contribution in [2.24, 2.45) is 0 Å². The van der Waals surface area contributed by atoms with Crippen molar-refractivity contribution in [1.82, 2.24) is 4.57 Å². The SMILES string of the molecule is c1ccc(-c2ccccc2N(c2ccc(-c3ccc4c(c3)C3(c5ccccc5-4)c4ccccc4-n4c5ccccc5c5cccc3c54)cc2)c2cccc3c2-c2ccccc2C32c3ccccc3-c3ccccc32)cc1. The van der Waals surface area contributed by atoms with Crippen LogP contribution in [0.5, 0.6) is 0 Å². The van der Waals surface area contributed by atoms with Crippen molar-refractivity contribution in [3.8, 4) is 61.3 Å². The normalized spacial score (nSPS) is 15.3. The highest BCUT2D eigenvalue weighted by Crippen LogP contribution is 2.66. The van der Waals surface area contributed by atoms with Gasteiger partial charge in [0.15, 0.2) is 0 Å². The third-order valence-corrected chi connectivity index (χ3v) is 17.6. The molecule has 4 aliphatic rings. The molecule has 17 rings (SSSR count). The molecule has 1 aromatic heterocycles. The minimum absolute atomic E-state index is 0.463. The number of para-hydroxylation sites is 4. The third kappa shape index (κ3) is 5.20. The van der Waals surface area contributed by atoms with Crippen molar-refractivity contribution in [3.63, 3.8) is 0 Å². The second-order valence-electron chi connectivity index (χ2n) is 21.0. The highest BCUT2D eigenvalue weighted by molar-refractivity contribution is 6.13. The van der Waals surface area contributed by atoms with Crippen molar-refractivity contribution < 1.29 is 0 Å². The van der Waals surface area contributed by atoms with Gasteiger partial charge in [-0.3, -0.25) is 0 Å². The molecular formula is C74H46N2. The zero-order valence-electron chi connectivity index (χ0n) is 41.5. The average molecular weight is 963 g/mol. The number of fused-ring (bicyclic) bond motifs is 22. The minimum atomic E-state index is -0.526. The summed E-state index contributed by atoms with van der Waals surface area (Å²) >= 11 is 0. The molecule has 1 atom stereocenters. The molecule has 2 heteroatoms. The van der Waals surface area contributed by atoms with Crippen LogP contribution in [0.2, 0.25) is 0 Å². The van der Waals surface area contributed by atoms with Crippen molar-refractivity contribution >= 4 is 38.9 Å². The van der Waals surface area contributed by atoms with Gasteiger partial charge in [-0.15, -0.1) is 0 Å². The standard InChI is InChI=1S/C74H46N2/c1-2-20-48(21-3-1)51-22-8-15-36-67(51)75(70-39-19-34-64-71(70)58-27-7-13-32-62(58)73(64)59-29-10-4-23-52(59)53-24-5-11-30-60(53)73)50-43-40-47(41-44-50)49-42-45-55-54-25-6-12-31-61(54)74(66(55)46-49)63-33-14-17-38-69(63)76-68-37-16-9-26-56(68)57-28-18-35-65(74)72(57)76/h1-46H. The van der Waals surface area contributed by atoms with E-state index < -0.39 is 10.8 Å². The van der Waals surface area contributed by atoms with E-state index in [2.05, 4.69) is 289 Å². The average Bonchev–Trinajstić information content (AvgIpc) is 4.23. The van der Waals surface area contributed by atoms with Crippen molar-refractivity contribution in [2.75, 3.05) is 4.90 Å². The fourth-order valence-electron chi connectivity index (χ4n) is 14.8. The van der Waals surface area contributed by atoms with E-state index in [0.29, 0.717) is 0 Å². The Bertz CT molecular complexity index is 4550. The van der Waals surface area contributed by atoms with Gasteiger partial charge in [-0.05, 0) is 131 Å². The van der Waals surface area contributed by atoms with Crippen LogP contribution >= 0.6 is 0 Å². The van der Waals surface area contributed by atoms with E-state index in [9.17, 15) is 0 Å². The second kappa shape index (κ2) is 15.4. The predicted octanol–water partition coefficient (Wildman–Crippen LogP) is 18.6. The van der Waals surface area contributed by atoms with Crippen LogP contribution < -0.4 is 4.90 Å². The number of benzene rings is 12. The lowest BCUT2D eigenvalue weighted by atomic mass is 9.65. The van der Waals surface area contributed by atoms with Crippen LogP contribution in [-0.2, 0) is 10.8 Å². The van der Waals surface area contributed by atoms with Crippen molar-refractivity contribution in [3.05, 3.63) is 324 Å². The van der Waals surface area contributed by atoms with E-state index in [-0.39, 0.29) is 0 Å². The highest BCUT2D eigenvalue weighted by atomic mass is 15.1. The Morgan fingerprint density at radius 3 is 1.49 bits per heavy atom. The molecule has 2 nitrogen and oxygen atoms in total. The summed E-state index contributed by atoms with van der Waals surface area (Å²) in [5.41, 5.74) is 29.2. The van der Waals surface area contributed by atoms with Gasteiger partial charge in [-0.1, -0.05) is 237 Å². The van der Waals surface area contributed by atoms with Gasteiger partial charge in [-0.2, -0.15) is 0 Å². The Hall–Kier alpha value is -9.76. The number of nitrogens with zero attached hydrogens (tertiary/aromatic N) is 2. The monoisotopic (exact) mass is 962 g/mol. The van der Waals surface area contributed by atoms with Crippen molar-refractivity contribution in [1.29, 1.82) is 0 Å². The Labute approximate surface area is 441 Å². The lowest BCUT2D eigenvalue weighted by Gasteiger charge is -2.39. The maximum Gasteiger partial charge on any atom is 0.0754 e. The molecule has 0 radical (unpaired) electrons. The molecule has 1 unspecified atom stereocenters. The van der Waals surface area contributed by atoms with Gasteiger partial charge in [0.1, 0.15) is 0 Å². The molecule has 0 N–H and O–H groups in total. The Morgan fingerprint density at radius 1 is 0.276 bits per heavy atom. The Kier molecular flexibility index (Phi) is 8.44. The van der Waals surface area contributed by atoms with Crippen LogP contribution in [0.25, 0.3) is 83.1 Å². The molecule has 2 spiro atoms. The molecule has 2 heterocycles. The molecule has 0 amide bonds. The first-order valence-corrected chi connectivity index (χ1v) is 26.6. The summed E-state index contributed by atoms with van der Waals surface area (Å²) in [6, 6.07) is 105. The van der Waals surface area contributed by atoms with Gasteiger partial charge < -0.3 is 9.47 Å². The summed E-state index contributed by atoms with van der Waals surface area (Å²) in [4.78, 5) is 2.53. The van der Waals surface area contributed by atoms with Crippen LogP contribution in [-0.4, -0.2) is 4.57 Å². The molecule has 1 aliphatic heterocycles. The highest BCUT2D eigenvalue weighted by Gasteiger charge is 2.53. The van der Waals surface area contributed by atoms with E-state index in [4.69, 9.17) is 0 Å². The zero-order valence-corrected chi connectivity index (χ0v) is 41.5. The fourth-order valence-corrected chi connectivity index (χ4v) is 14.8.